The van der Waals surface area contributed by atoms with E-state index in [1.165, 1.54) is 0 Å². The molecule has 0 aromatic heterocycles. The maximum atomic E-state index is 9.47. The van der Waals surface area contributed by atoms with Crippen molar-refractivity contribution in [2.24, 2.45) is 0 Å². The molecule has 1 N–H and O–H groups in total. The molecule has 0 bridgehead atoms. The van der Waals surface area contributed by atoms with E-state index in [9.17, 15) is 5.11 Å². The zero-order valence-corrected chi connectivity index (χ0v) is 10.0. The van der Waals surface area contributed by atoms with Crippen molar-refractivity contribution < 1.29 is 14.6 Å². The molecule has 1 heterocycles. The predicted octanol–water partition coefficient (Wildman–Crippen LogP) is 0.495. The number of ether oxygens (including phenoxy) is 2. The van der Waals surface area contributed by atoms with Crippen LogP contribution in [0.3, 0.4) is 0 Å². The molecular weight excluding hydrogens is 194 g/mol. The van der Waals surface area contributed by atoms with E-state index in [4.69, 9.17) is 9.47 Å². The van der Waals surface area contributed by atoms with Crippen LogP contribution in [-0.4, -0.2) is 61.7 Å². The highest BCUT2D eigenvalue weighted by atomic mass is 16.5. The van der Waals surface area contributed by atoms with Gasteiger partial charge in [0.05, 0.1) is 31.5 Å². The topological polar surface area (TPSA) is 41.9 Å². The van der Waals surface area contributed by atoms with Crippen LogP contribution in [0.1, 0.15) is 20.3 Å². The molecule has 0 saturated carbocycles. The highest BCUT2D eigenvalue weighted by Gasteiger charge is 2.17. The highest BCUT2D eigenvalue weighted by Crippen LogP contribution is 2.08. The van der Waals surface area contributed by atoms with Crippen LogP contribution >= 0.6 is 0 Å². The second kappa shape index (κ2) is 5.80. The van der Waals surface area contributed by atoms with E-state index in [0.29, 0.717) is 13.2 Å². The molecule has 1 saturated heterocycles. The summed E-state index contributed by atoms with van der Waals surface area (Å²) in [6.07, 6.45) is 1.18. The summed E-state index contributed by atoms with van der Waals surface area (Å²) in [6, 6.07) is 0. The standard InChI is InChI=1S/C11H23NO3/c1-11(2,13)9-14-8-10-4-5-12(3)6-7-15-10/h10,13H,4-9H2,1-3H3. The molecule has 4 heteroatoms. The average Bonchev–Trinajstić information content (AvgIpc) is 2.29. The maximum absolute atomic E-state index is 9.47. The van der Waals surface area contributed by atoms with E-state index in [1.807, 2.05) is 0 Å². The van der Waals surface area contributed by atoms with Crippen molar-refractivity contribution in [3.63, 3.8) is 0 Å². The third-order valence-electron chi connectivity index (χ3n) is 2.42. The molecule has 1 unspecified atom stereocenters. The first-order valence-corrected chi connectivity index (χ1v) is 5.58. The van der Waals surface area contributed by atoms with E-state index in [1.54, 1.807) is 13.8 Å². The zero-order valence-electron chi connectivity index (χ0n) is 10.0. The Morgan fingerprint density at radius 2 is 2.20 bits per heavy atom. The number of hydrogen-bond donors (Lipinski definition) is 1. The first-order chi connectivity index (χ1) is 6.97. The number of nitrogens with zero attached hydrogens (tertiary/aromatic N) is 1. The number of likely N-dealkylation sites (N-methyl/N-ethyl adjacent to an activating group) is 1. The normalized spacial score (nSPS) is 25.2. The molecule has 1 atom stereocenters. The van der Waals surface area contributed by atoms with Gasteiger partial charge >= 0.3 is 0 Å². The first-order valence-electron chi connectivity index (χ1n) is 5.58. The number of hydrogen-bond acceptors (Lipinski definition) is 4. The van der Waals surface area contributed by atoms with Crippen molar-refractivity contribution in [3.8, 4) is 0 Å². The molecule has 0 aromatic rings. The Bertz CT molecular complexity index is 179. The van der Waals surface area contributed by atoms with Gasteiger partial charge in [-0.2, -0.15) is 0 Å². The van der Waals surface area contributed by atoms with Crippen molar-refractivity contribution in [1.29, 1.82) is 0 Å². The van der Waals surface area contributed by atoms with Gasteiger partial charge in [-0.1, -0.05) is 0 Å². The van der Waals surface area contributed by atoms with E-state index in [-0.39, 0.29) is 6.10 Å². The Labute approximate surface area is 92.2 Å². The van der Waals surface area contributed by atoms with Gasteiger partial charge < -0.3 is 19.5 Å². The average molecular weight is 217 g/mol. The summed E-state index contributed by atoms with van der Waals surface area (Å²) in [7, 11) is 2.10. The second-order valence-corrected chi connectivity index (χ2v) is 4.91. The molecule has 90 valence electrons. The predicted molar refractivity (Wildman–Crippen MR) is 59.0 cm³/mol. The van der Waals surface area contributed by atoms with Crippen LogP contribution in [0.25, 0.3) is 0 Å². The van der Waals surface area contributed by atoms with Gasteiger partial charge in [0, 0.05) is 13.1 Å². The summed E-state index contributed by atoms with van der Waals surface area (Å²) in [5.41, 5.74) is -0.748. The minimum atomic E-state index is -0.748. The monoisotopic (exact) mass is 217 g/mol. The molecule has 15 heavy (non-hydrogen) atoms. The highest BCUT2D eigenvalue weighted by molar-refractivity contribution is 4.67. The quantitative estimate of drug-likeness (QED) is 0.744. The lowest BCUT2D eigenvalue weighted by atomic mass is 10.2. The van der Waals surface area contributed by atoms with E-state index in [2.05, 4.69) is 11.9 Å². The van der Waals surface area contributed by atoms with Crippen LogP contribution in [0.15, 0.2) is 0 Å². The lowest BCUT2D eigenvalue weighted by Crippen LogP contribution is -2.29. The van der Waals surface area contributed by atoms with Gasteiger partial charge in [-0.3, -0.25) is 0 Å². The van der Waals surface area contributed by atoms with E-state index < -0.39 is 5.60 Å². The van der Waals surface area contributed by atoms with E-state index in [0.717, 1.165) is 26.1 Å². The molecule has 0 radical (unpaired) electrons. The Morgan fingerprint density at radius 1 is 1.47 bits per heavy atom. The minimum absolute atomic E-state index is 0.178. The van der Waals surface area contributed by atoms with Gasteiger partial charge in [0.2, 0.25) is 0 Å². The van der Waals surface area contributed by atoms with Crippen LogP contribution in [0.4, 0.5) is 0 Å². The molecule has 1 aliphatic rings. The molecule has 4 nitrogen and oxygen atoms in total. The first kappa shape index (κ1) is 12.9. The molecule has 0 aliphatic carbocycles. The fourth-order valence-electron chi connectivity index (χ4n) is 1.51. The SMILES string of the molecule is CN1CCOC(COCC(C)(C)O)CC1. The summed E-state index contributed by atoms with van der Waals surface area (Å²) in [6.45, 7) is 7.25. The Kier molecular flexibility index (Phi) is 4.99. The van der Waals surface area contributed by atoms with Gasteiger partial charge in [0.15, 0.2) is 0 Å². The third-order valence-corrected chi connectivity index (χ3v) is 2.42. The number of rotatable bonds is 4. The molecule has 1 rings (SSSR count). The minimum Gasteiger partial charge on any atom is -0.388 e. The van der Waals surface area contributed by atoms with Crippen LogP contribution in [0.2, 0.25) is 0 Å². The van der Waals surface area contributed by atoms with Crippen LogP contribution in [-0.2, 0) is 9.47 Å². The fourth-order valence-corrected chi connectivity index (χ4v) is 1.51. The summed E-state index contributed by atoms with van der Waals surface area (Å²) in [5.74, 6) is 0. The molecule has 1 fully saturated rings. The zero-order chi connectivity index (χ0) is 11.3. The summed E-state index contributed by atoms with van der Waals surface area (Å²) in [4.78, 5) is 2.26. The maximum Gasteiger partial charge on any atom is 0.0824 e. The molecule has 0 spiro atoms. The second-order valence-electron chi connectivity index (χ2n) is 4.91. The molecule has 1 aliphatic heterocycles. The molecule has 0 amide bonds. The van der Waals surface area contributed by atoms with Crippen molar-refractivity contribution in [1.82, 2.24) is 4.90 Å². The smallest absolute Gasteiger partial charge is 0.0824 e. The Hall–Kier alpha value is -0.160. The summed E-state index contributed by atoms with van der Waals surface area (Å²) < 4.78 is 11.1. The van der Waals surface area contributed by atoms with E-state index >= 15 is 0 Å². The largest absolute Gasteiger partial charge is 0.388 e. The van der Waals surface area contributed by atoms with Gasteiger partial charge in [-0.05, 0) is 27.3 Å². The van der Waals surface area contributed by atoms with Gasteiger partial charge in [0.25, 0.3) is 0 Å². The fraction of sp³-hybridized carbons (Fsp3) is 1.00. The van der Waals surface area contributed by atoms with Crippen LogP contribution in [0, 0.1) is 0 Å². The van der Waals surface area contributed by atoms with Gasteiger partial charge in [-0.25, -0.2) is 0 Å². The molecular formula is C11H23NO3. The Balaban J connectivity index is 2.15. The summed E-state index contributed by atoms with van der Waals surface area (Å²) in [5, 5.41) is 9.47. The number of aliphatic hydroxyl groups is 1. The molecule has 0 aromatic carbocycles. The Morgan fingerprint density at radius 3 is 2.87 bits per heavy atom. The van der Waals surface area contributed by atoms with Crippen molar-refractivity contribution >= 4 is 0 Å². The third kappa shape index (κ3) is 6.10. The lowest BCUT2D eigenvalue weighted by Gasteiger charge is -2.20. The van der Waals surface area contributed by atoms with Crippen LogP contribution in [0.5, 0.6) is 0 Å². The van der Waals surface area contributed by atoms with Gasteiger partial charge in [0.1, 0.15) is 0 Å². The van der Waals surface area contributed by atoms with Crippen molar-refractivity contribution in [2.45, 2.75) is 32.0 Å². The van der Waals surface area contributed by atoms with Crippen molar-refractivity contribution in [2.75, 3.05) is 40.0 Å². The lowest BCUT2D eigenvalue weighted by molar-refractivity contribution is -0.0613. The van der Waals surface area contributed by atoms with Crippen LogP contribution < -0.4 is 0 Å². The summed E-state index contributed by atoms with van der Waals surface area (Å²) >= 11 is 0. The van der Waals surface area contributed by atoms with Gasteiger partial charge in [-0.15, -0.1) is 0 Å². The van der Waals surface area contributed by atoms with Crippen molar-refractivity contribution in [3.05, 3.63) is 0 Å².